The van der Waals surface area contributed by atoms with Gasteiger partial charge in [-0.2, -0.15) is 0 Å². The Morgan fingerprint density at radius 2 is 2.35 bits per heavy atom. The molecule has 2 heterocycles. The van der Waals surface area contributed by atoms with E-state index in [1.54, 1.807) is 18.5 Å². The van der Waals surface area contributed by atoms with E-state index in [1.807, 2.05) is 17.8 Å². The summed E-state index contributed by atoms with van der Waals surface area (Å²) in [4.78, 5) is 7.90. The molecule has 0 aliphatic rings. The maximum absolute atomic E-state index is 13.6. The minimum absolute atomic E-state index is 0.320. The molecule has 0 aromatic carbocycles. The molecule has 0 fully saturated rings. The third-order valence-electron chi connectivity index (χ3n) is 2.69. The van der Waals surface area contributed by atoms with Crippen molar-refractivity contribution < 1.29 is 4.39 Å². The highest BCUT2D eigenvalue weighted by Crippen LogP contribution is 2.18. The third kappa shape index (κ3) is 2.48. The van der Waals surface area contributed by atoms with E-state index in [4.69, 9.17) is 5.84 Å². The molecule has 5 nitrogen and oxygen atoms in total. The zero-order valence-corrected chi connectivity index (χ0v) is 9.47. The number of hydrogen-bond donors (Lipinski definition) is 2. The molecule has 1 atom stereocenters. The molecule has 0 radical (unpaired) electrons. The minimum Gasteiger partial charge on any atom is -0.338 e. The van der Waals surface area contributed by atoms with Gasteiger partial charge in [0.25, 0.3) is 0 Å². The van der Waals surface area contributed by atoms with Crippen molar-refractivity contribution in [1.82, 2.24) is 20.0 Å². The number of aromatic nitrogens is 3. The fourth-order valence-corrected chi connectivity index (χ4v) is 1.70. The summed E-state index contributed by atoms with van der Waals surface area (Å²) in [7, 11) is 1.89. The van der Waals surface area contributed by atoms with Crippen molar-refractivity contribution in [2.24, 2.45) is 12.9 Å². The highest BCUT2D eigenvalue weighted by atomic mass is 19.1. The molecule has 2 aromatic rings. The summed E-state index contributed by atoms with van der Waals surface area (Å²) in [6, 6.07) is 1.29. The molecule has 2 rings (SSSR count). The molecule has 0 bridgehead atoms. The van der Waals surface area contributed by atoms with Crippen molar-refractivity contribution in [3.63, 3.8) is 0 Å². The first-order chi connectivity index (χ1) is 8.22. The van der Waals surface area contributed by atoms with Gasteiger partial charge in [0, 0.05) is 37.6 Å². The van der Waals surface area contributed by atoms with E-state index in [0.29, 0.717) is 12.0 Å². The first-order valence-electron chi connectivity index (χ1n) is 5.24. The Kier molecular flexibility index (Phi) is 3.46. The fraction of sp³-hybridized carbons (Fsp3) is 0.273. The second-order valence-electron chi connectivity index (χ2n) is 3.77. The summed E-state index contributed by atoms with van der Waals surface area (Å²) < 4.78 is 15.4. The number of nitrogens with zero attached hydrogens (tertiary/aromatic N) is 3. The van der Waals surface area contributed by atoms with Gasteiger partial charge >= 0.3 is 0 Å². The van der Waals surface area contributed by atoms with Crippen LogP contribution in [0, 0.1) is 5.82 Å². The Hall–Kier alpha value is -1.79. The molecule has 3 N–H and O–H groups in total. The summed E-state index contributed by atoms with van der Waals surface area (Å²) in [5.41, 5.74) is 3.09. The maximum atomic E-state index is 13.6. The van der Waals surface area contributed by atoms with Crippen LogP contribution in [0.4, 0.5) is 4.39 Å². The number of hydrogen-bond acceptors (Lipinski definition) is 4. The first kappa shape index (κ1) is 11.7. The predicted octanol–water partition coefficient (Wildman–Crippen LogP) is 0.701. The smallest absolute Gasteiger partial charge is 0.146 e. The number of rotatable bonds is 4. The molecule has 2 aromatic heterocycles. The van der Waals surface area contributed by atoms with Crippen LogP contribution in [0.2, 0.25) is 0 Å². The second-order valence-corrected chi connectivity index (χ2v) is 3.77. The van der Waals surface area contributed by atoms with Crippen LogP contribution in [0.3, 0.4) is 0 Å². The molecule has 17 heavy (non-hydrogen) atoms. The molecule has 0 saturated heterocycles. The van der Waals surface area contributed by atoms with E-state index in [2.05, 4.69) is 15.4 Å². The molecule has 6 heteroatoms. The Labute approximate surface area is 98.5 Å². The van der Waals surface area contributed by atoms with Crippen LogP contribution >= 0.6 is 0 Å². The van der Waals surface area contributed by atoms with Gasteiger partial charge in [0.15, 0.2) is 0 Å². The minimum atomic E-state index is -0.371. The average molecular weight is 235 g/mol. The standard InChI is InChI=1S/C11H14FN5/c1-17-5-4-15-11(17)6-10(16-13)8-2-3-14-7-9(8)12/h2-5,7,10,16H,6,13H2,1H3. The molecule has 0 aliphatic carbocycles. The molecule has 1 unspecified atom stereocenters. The molecule has 0 saturated carbocycles. The lowest BCUT2D eigenvalue weighted by atomic mass is 10.1. The van der Waals surface area contributed by atoms with Gasteiger partial charge in [-0.3, -0.25) is 16.3 Å². The summed E-state index contributed by atoms with van der Waals surface area (Å²) in [5.74, 6) is 5.93. The van der Waals surface area contributed by atoms with Gasteiger partial charge in [-0.15, -0.1) is 0 Å². The number of halogens is 1. The van der Waals surface area contributed by atoms with E-state index < -0.39 is 0 Å². The summed E-state index contributed by atoms with van der Waals surface area (Å²) >= 11 is 0. The largest absolute Gasteiger partial charge is 0.338 e. The zero-order chi connectivity index (χ0) is 12.3. The lowest BCUT2D eigenvalue weighted by Gasteiger charge is -2.16. The third-order valence-corrected chi connectivity index (χ3v) is 2.69. The van der Waals surface area contributed by atoms with Gasteiger partial charge in [-0.25, -0.2) is 9.37 Å². The van der Waals surface area contributed by atoms with Gasteiger partial charge in [-0.05, 0) is 6.07 Å². The number of imidazole rings is 1. The summed E-state index contributed by atoms with van der Waals surface area (Å²) in [5, 5.41) is 0. The highest BCUT2D eigenvalue weighted by molar-refractivity contribution is 5.18. The summed E-state index contributed by atoms with van der Waals surface area (Å²) in [6.07, 6.45) is 6.78. The number of aryl methyl sites for hydroxylation is 1. The SMILES string of the molecule is Cn1ccnc1CC(NN)c1ccncc1F. The molecular weight excluding hydrogens is 221 g/mol. The molecule has 0 spiro atoms. The molecular formula is C11H14FN5. The topological polar surface area (TPSA) is 68.8 Å². The lowest BCUT2D eigenvalue weighted by molar-refractivity contribution is 0.494. The van der Waals surface area contributed by atoms with Crippen molar-refractivity contribution in [1.29, 1.82) is 0 Å². The van der Waals surface area contributed by atoms with E-state index in [-0.39, 0.29) is 11.9 Å². The van der Waals surface area contributed by atoms with Gasteiger partial charge in [0.1, 0.15) is 11.6 Å². The van der Waals surface area contributed by atoms with Crippen molar-refractivity contribution in [2.75, 3.05) is 0 Å². The zero-order valence-electron chi connectivity index (χ0n) is 9.47. The van der Waals surface area contributed by atoms with E-state index >= 15 is 0 Å². The van der Waals surface area contributed by atoms with E-state index in [0.717, 1.165) is 5.82 Å². The monoisotopic (exact) mass is 235 g/mol. The van der Waals surface area contributed by atoms with E-state index in [1.165, 1.54) is 6.20 Å². The first-order valence-corrected chi connectivity index (χ1v) is 5.24. The number of nitrogens with two attached hydrogens (primary N) is 1. The average Bonchev–Trinajstić information content (AvgIpc) is 2.73. The molecule has 90 valence electrons. The van der Waals surface area contributed by atoms with Crippen LogP contribution in [-0.2, 0) is 13.5 Å². The highest BCUT2D eigenvalue weighted by Gasteiger charge is 2.16. The van der Waals surface area contributed by atoms with Gasteiger partial charge < -0.3 is 4.57 Å². The summed E-state index contributed by atoms with van der Waals surface area (Å²) in [6.45, 7) is 0. The van der Waals surface area contributed by atoms with Crippen LogP contribution in [0.25, 0.3) is 0 Å². The van der Waals surface area contributed by atoms with Crippen molar-refractivity contribution in [3.8, 4) is 0 Å². The second kappa shape index (κ2) is 5.03. The van der Waals surface area contributed by atoms with Crippen molar-refractivity contribution in [2.45, 2.75) is 12.5 Å². The maximum Gasteiger partial charge on any atom is 0.146 e. The van der Waals surface area contributed by atoms with Gasteiger partial charge in [0.05, 0.1) is 12.2 Å². The van der Waals surface area contributed by atoms with Gasteiger partial charge in [-0.1, -0.05) is 0 Å². The normalized spacial score (nSPS) is 12.6. The molecule has 0 aliphatic heterocycles. The lowest BCUT2D eigenvalue weighted by Crippen LogP contribution is -2.31. The van der Waals surface area contributed by atoms with Gasteiger partial charge in [0.2, 0.25) is 0 Å². The van der Waals surface area contributed by atoms with Crippen LogP contribution in [0.1, 0.15) is 17.4 Å². The van der Waals surface area contributed by atoms with E-state index in [9.17, 15) is 4.39 Å². The number of pyridine rings is 1. The van der Waals surface area contributed by atoms with Crippen molar-refractivity contribution >= 4 is 0 Å². The van der Waals surface area contributed by atoms with Crippen LogP contribution in [-0.4, -0.2) is 14.5 Å². The Balaban J connectivity index is 2.23. The Bertz CT molecular complexity index is 496. The van der Waals surface area contributed by atoms with Crippen molar-refractivity contribution in [3.05, 3.63) is 48.1 Å². The number of hydrazine groups is 1. The van der Waals surface area contributed by atoms with Crippen LogP contribution in [0.5, 0.6) is 0 Å². The molecule has 0 amide bonds. The Morgan fingerprint density at radius 3 is 2.94 bits per heavy atom. The fourth-order valence-electron chi connectivity index (χ4n) is 1.70. The van der Waals surface area contributed by atoms with Crippen LogP contribution in [0.15, 0.2) is 30.9 Å². The van der Waals surface area contributed by atoms with Crippen LogP contribution < -0.4 is 11.3 Å². The quantitative estimate of drug-likeness (QED) is 0.604. The number of nitrogens with one attached hydrogen (secondary N) is 1. The predicted molar refractivity (Wildman–Crippen MR) is 61.2 cm³/mol. The Morgan fingerprint density at radius 1 is 1.53 bits per heavy atom.